The van der Waals surface area contributed by atoms with Gasteiger partial charge in [-0.1, -0.05) is 68.4 Å². The predicted molar refractivity (Wildman–Crippen MR) is 92.4 cm³/mol. The number of oxazole rings is 1. The van der Waals surface area contributed by atoms with E-state index in [2.05, 4.69) is 50.2 Å². The van der Waals surface area contributed by atoms with Crippen LogP contribution in [-0.4, -0.2) is 9.38 Å². The molecule has 0 aliphatic rings. The Morgan fingerprint density at radius 1 is 0.913 bits per heavy atom. The molecule has 0 bridgehead atoms. The molecule has 0 fully saturated rings. The first-order valence-corrected chi connectivity index (χ1v) is 7.85. The first-order chi connectivity index (χ1) is 11.2. The van der Waals surface area contributed by atoms with Gasteiger partial charge in [0.25, 0.3) is 0 Å². The van der Waals surface area contributed by atoms with Crippen molar-refractivity contribution >= 4 is 5.84 Å². The molecule has 0 spiro atoms. The number of benzene rings is 2. The Morgan fingerprint density at radius 3 is 2.35 bits per heavy atom. The predicted octanol–water partition coefficient (Wildman–Crippen LogP) is 5.38. The molecule has 0 atom stereocenters. The van der Waals surface area contributed by atoms with Crippen molar-refractivity contribution in [1.82, 2.24) is 9.38 Å². The van der Waals surface area contributed by atoms with Crippen LogP contribution in [0.25, 0.3) is 28.4 Å². The van der Waals surface area contributed by atoms with Crippen molar-refractivity contribution in [3.63, 3.8) is 0 Å². The molecular formula is C20H18N2O. The smallest absolute Gasteiger partial charge is 0.306 e. The van der Waals surface area contributed by atoms with Crippen molar-refractivity contribution in [3.05, 3.63) is 72.6 Å². The maximum absolute atomic E-state index is 5.50. The molecule has 0 aliphatic carbocycles. The summed E-state index contributed by atoms with van der Waals surface area (Å²) >= 11 is 0. The molecule has 2 aromatic heterocycles. The standard InChI is InChI=1S/C20H18N2O/c1-14(2)15-8-10-16(11-9-15)18-19(17-6-4-3-5-7-17)22-12-13-23-20(22)21-18/h3-14H,1-2H3. The molecule has 0 unspecified atom stereocenters. The number of nitrogens with zero attached hydrogens (tertiary/aromatic N) is 2. The van der Waals surface area contributed by atoms with Crippen LogP contribution in [0.4, 0.5) is 0 Å². The van der Waals surface area contributed by atoms with E-state index in [0.29, 0.717) is 11.8 Å². The van der Waals surface area contributed by atoms with E-state index < -0.39 is 0 Å². The minimum absolute atomic E-state index is 0.524. The number of imidazole rings is 1. The highest BCUT2D eigenvalue weighted by Gasteiger charge is 2.17. The van der Waals surface area contributed by atoms with Crippen LogP contribution in [-0.2, 0) is 0 Å². The van der Waals surface area contributed by atoms with Crippen LogP contribution in [0.2, 0.25) is 0 Å². The molecule has 114 valence electrons. The SMILES string of the molecule is CC(C)c1ccc(-c2nc3occn3c2-c2ccccc2)cc1. The van der Waals surface area contributed by atoms with Crippen LogP contribution in [0.3, 0.4) is 0 Å². The number of hydrogen-bond acceptors (Lipinski definition) is 2. The van der Waals surface area contributed by atoms with Gasteiger partial charge in [0.15, 0.2) is 0 Å². The molecule has 2 heterocycles. The number of fused-ring (bicyclic) bond motifs is 1. The first-order valence-electron chi connectivity index (χ1n) is 7.85. The molecular weight excluding hydrogens is 284 g/mol. The summed E-state index contributed by atoms with van der Waals surface area (Å²) in [5.74, 6) is 1.14. The van der Waals surface area contributed by atoms with E-state index in [1.807, 2.05) is 28.8 Å². The van der Waals surface area contributed by atoms with Gasteiger partial charge in [0, 0.05) is 17.3 Å². The Labute approximate surface area is 135 Å². The number of hydrogen-bond donors (Lipinski definition) is 0. The van der Waals surface area contributed by atoms with Crippen molar-refractivity contribution in [1.29, 1.82) is 0 Å². The highest BCUT2D eigenvalue weighted by molar-refractivity contribution is 5.81. The fraction of sp³-hybridized carbons (Fsp3) is 0.150. The zero-order chi connectivity index (χ0) is 15.8. The molecule has 0 saturated carbocycles. The van der Waals surface area contributed by atoms with E-state index in [0.717, 1.165) is 22.5 Å². The van der Waals surface area contributed by atoms with E-state index >= 15 is 0 Å². The van der Waals surface area contributed by atoms with Crippen LogP contribution in [0, 0.1) is 0 Å². The molecule has 0 N–H and O–H groups in total. The van der Waals surface area contributed by atoms with E-state index in [-0.39, 0.29) is 0 Å². The zero-order valence-corrected chi connectivity index (χ0v) is 13.2. The summed E-state index contributed by atoms with van der Waals surface area (Å²) in [6.45, 7) is 4.41. The average molecular weight is 302 g/mol. The Bertz CT molecular complexity index is 931. The third-order valence-electron chi connectivity index (χ3n) is 4.16. The van der Waals surface area contributed by atoms with Gasteiger partial charge in [-0.3, -0.25) is 4.40 Å². The van der Waals surface area contributed by atoms with Crippen molar-refractivity contribution in [2.24, 2.45) is 0 Å². The van der Waals surface area contributed by atoms with Gasteiger partial charge in [-0.25, -0.2) is 0 Å². The Morgan fingerprint density at radius 2 is 1.65 bits per heavy atom. The fourth-order valence-electron chi connectivity index (χ4n) is 2.88. The van der Waals surface area contributed by atoms with Gasteiger partial charge in [0.2, 0.25) is 0 Å². The van der Waals surface area contributed by atoms with E-state index in [1.54, 1.807) is 6.26 Å². The molecule has 4 rings (SSSR count). The highest BCUT2D eigenvalue weighted by Crippen LogP contribution is 2.33. The summed E-state index contributed by atoms with van der Waals surface area (Å²) in [7, 11) is 0. The lowest BCUT2D eigenvalue weighted by atomic mass is 9.99. The van der Waals surface area contributed by atoms with Crippen LogP contribution in [0.15, 0.2) is 71.5 Å². The second-order valence-electron chi connectivity index (χ2n) is 6.01. The van der Waals surface area contributed by atoms with Gasteiger partial charge in [-0.15, -0.1) is 0 Å². The quantitative estimate of drug-likeness (QED) is 0.508. The van der Waals surface area contributed by atoms with E-state index in [1.165, 1.54) is 5.56 Å². The van der Waals surface area contributed by atoms with Crippen LogP contribution >= 0.6 is 0 Å². The van der Waals surface area contributed by atoms with Crippen LogP contribution in [0.5, 0.6) is 0 Å². The van der Waals surface area contributed by atoms with Crippen molar-refractivity contribution in [3.8, 4) is 22.5 Å². The minimum atomic E-state index is 0.524. The normalized spacial score (nSPS) is 11.4. The lowest BCUT2D eigenvalue weighted by Gasteiger charge is -2.07. The summed E-state index contributed by atoms with van der Waals surface area (Å²) < 4.78 is 7.50. The Balaban J connectivity index is 1.91. The summed E-state index contributed by atoms with van der Waals surface area (Å²) in [4.78, 5) is 4.69. The molecule has 3 heteroatoms. The van der Waals surface area contributed by atoms with Gasteiger partial charge in [-0.2, -0.15) is 4.98 Å². The Kier molecular flexibility index (Phi) is 3.27. The molecule has 0 radical (unpaired) electrons. The van der Waals surface area contributed by atoms with E-state index in [9.17, 15) is 0 Å². The third kappa shape index (κ3) is 2.34. The van der Waals surface area contributed by atoms with Crippen molar-refractivity contribution < 1.29 is 4.42 Å². The zero-order valence-electron chi connectivity index (χ0n) is 13.2. The van der Waals surface area contributed by atoms with Gasteiger partial charge in [0.05, 0.1) is 5.69 Å². The molecule has 0 amide bonds. The molecule has 0 aliphatic heterocycles. The largest absolute Gasteiger partial charge is 0.432 e. The summed E-state index contributed by atoms with van der Waals surface area (Å²) in [6, 6.07) is 18.9. The monoisotopic (exact) mass is 302 g/mol. The molecule has 0 saturated heterocycles. The average Bonchev–Trinajstić information content (AvgIpc) is 3.16. The van der Waals surface area contributed by atoms with E-state index in [4.69, 9.17) is 9.40 Å². The highest BCUT2D eigenvalue weighted by atomic mass is 16.3. The molecule has 2 aromatic carbocycles. The van der Waals surface area contributed by atoms with Crippen molar-refractivity contribution in [2.75, 3.05) is 0 Å². The molecule has 4 aromatic rings. The lowest BCUT2D eigenvalue weighted by Crippen LogP contribution is -1.89. The second-order valence-corrected chi connectivity index (χ2v) is 6.01. The maximum Gasteiger partial charge on any atom is 0.306 e. The fourth-order valence-corrected chi connectivity index (χ4v) is 2.88. The summed E-state index contributed by atoms with van der Waals surface area (Å²) in [5.41, 5.74) is 5.58. The van der Waals surface area contributed by atoms with Gasteiger partial charge in [-0.05, 0) is 11.5 Å². The summed E-state index contributed by atoms with van der Waals surface area (Å²) in [5, 5.41) is 0. The minimum Gasteiger partial charge on any atom is -0.432 e. The third-order valence-corrected chi connectivity index (χ3v) is 4.16. The van der Waals surface area contributed by atoms with Crippen LogP contribution < -0.4 is 0 Å². The van der Waals surface area contributed by atoms with Gasteiger partial charge >= 0.3 is 5.84 Å². The number of rotatable bonds is 3. The lowest BCUT2D eigenvalue weighted by molar-refractivity contribution is 0.596. The topological polar surface area (TPSA) is 30.4 Å². The number of aromatic nitrogens is 2. The van der Waals surface area contributed by atoms with Crippen molar-refractivity contribution in [2.45, 2.75) is 19.8 Å². The molecule has 23 heavy (non-hydrogen) atoms. The maximum atomic E-state index is 5.50. The second kappa shape index (κ2) is 5.43. The summed E-state index contributed by atoms with van der Waals surface area (Å²) in [6.07, 6.45) is 3.58. The van der Waals surface area contributed by atoms with Gasteiger partial charge in [0.1, 0.15) is 12.0 Å². The molecule has 3 nitrogen and oxygen atoms in total. The van der Waals surface area contributed by atoms with Gasteiger partial charge < -0.3 is 4.42 Å². The Hall–Kier alpha value is -2.81. The first kappa shape index (κ1) is 13.8. The van der Waals surface area contributed by atoms with Crippen LogP contribution in [0.1, 0.15) is 25.3 Å².